The van der Waals surface area contributed by atoms with Gasteiger partial charge in [0.05, 0.1) is 50.4 Å². The van der Waals surface area contributed by atoms with Crippen LogP contribution in [0.5, 0.6) is 0 Å². The highest BCUT2D eigenvalue weighted by molar-refractivity contribution is 6.04. The van der Waals surface area contributed by atoms with Crippen molar-refractivity contribution >= 4 is 35.3 Å². The van der Waals surface area contributed by atoms with Crippen molar-refractivity contribution in [3.05, 3.63) is 95.6 Å². The molecule has 340 valence electrons. The smallest absolute Gasteiger partial charge is 0.407 e. The molecule has 0 radical (unpaired) electrons. The van der Waals surface area contributed by atoms with Gasteiger partial charge >= 0.3 is 12.2 Å². The number of aliphatic imine (C=N–C) groups is 1. The summed E-state index contributed by atoms with van der Waals surface area (Å²) in [6, 6.07) is 20.1. The highest BCUT2D eigenvalue weighted by Gasteiger charge is 2.43. The van der Waals surface area contributed by atoms with Gasteiger partial charge in [-0.05, 0) is 100 Å². The molecule has 3 N–H and O–H groups in total. The number of nitrogens with zero attached hydrogens (tertiary/aromatic N) is 4. The number of H-pyrrole nitrogens is 1. The first kappa shape index (κ1) is 43.9. The van der Waals surface area contributed by atoms with Crippen LogP contribution in [0.4, 0.5) is 9.59 Å². The molecule has 2 bridgehead atoms. The number of fused-ring (bicyclic) bond motifs is 5. The minimum absolute atomic E-state index is 0.0579. The van der Waals surface area contributed by atoms with E-state index in [1.807, 2.05) is 49.9 Å². The molecule has 6 heterocycles. The molecule has 0 aliphatic carbocycles. The Balaban J connectivity index is 0.887. The number of hydrogen-bond acceptors (Lipinski definition) is 9. The summed E-state index contributed by atoms with van der Waals surface area (Å²) in [5.41, 5.74) is 12.3. The van der Waals surface area contributed by atoms with Crippen LogP contribution in [0.3, 0.4) is 0 Å². The molecule has 5 aliphatic rings. The van der Waals surface area contributed by atoms with Crippen LogP contribution in [0.1, 0.15) is 113 Å². The van der Waals surface area contributed by atoms with E-state index in [0.29, 0.717) is 19.5 Å². The minimum Gasteiger partial charge on any atom is -0.453 e. The molecule has 14 nitrogen and oxygen atoms in total. The zero-order valence-electron chi connectivity index (χ0n) is 38.1. The van der Waals surface area contributed by atoms with E-state index in [1.165, 1.54) is 36.5 Å². The third-order valence-corrected chi connectivity index (χ3v) is 13.9. The van der Waals surface area contributed by atoms with E-state index in [-0.39, 0.29) is 47.9 Å². The van der Waals surface area contributed by atoms with Crippen LogP contribution in [0.15, 0.2) is 78.1 Å². The van der Waals surface area contributed by atoms with Gasteiger partial charge in [0.2, 0.25) is 11.8 Å². The molecule has 3 saturated heterocycles. The zero-order valence-corrected chi connectivity index (χ0v) is 38.1. The second kappa shape index (κ2) is 18.3. The molecule has 9 rings (SSSR count). The summed E-state index contributed by atoms with van der Waals surface area (Å²) in [5.74, 6) is 0.313. The second-order valence-electron chi connectivity index (χ2n) is 18.6. The normalized spacial score (nSPS) is 21.9. The molecular weight excluding hydrogens is 823 g/mol. The van der Waals surface area contributed by atoms with Crippen molar-refractivity contribution < 1.29 is 33.4 Å². The number of imidazole rings is 1. The van der Waals surface area contributed by atoms with E-state index in [2.05, 4.69) is 76.3 Å². The summed E-state index contributed by atoms with van der Waals surface area (Å²) in [7, 11) is 2.61. The molecule has 3 fully saturated rings. The molecule has 4 aromatic rings. The summed E-state index contributed by atoms with van der Waals surface area (Å²) in [5, 5.41) is 5.45. The minimum atomic E-state index is -0.689. The number of allylic oxidation sites excluding steroid dienone is 1. The standard InChI is InChI=1S/C51H59N7O7/c1-28(2)45(55-50(61)63-5)48(59)57-23-7-9-39(57)37-25-34(26-52-37)30-11-13-31(14-12-30)35-19-20-36(44-42-22-21-41(65-42)43(35)44)32-15-17-33(18-16-32)38-27-53-47(54-38)40-10-8-24-58(40)49(60)46(29(3)4)56-51(62)64-6/h11-20,26-29,39-42,45-46H,7-10,21-25H2,1-6H3,(H,53,54)(H,55,61)(H,56,62)/t39-,40-,41?,42?,45-,46-/m0/s1. The average Bonchev–Trinajstić information content (AvgIpc) is 4.19. The lowest BCUT2D eigenvalue weighted by Gasteiger charge is -2.31. The molecule has 0 saturated carbocycles. The predicted octanol–water partition coefficient (Wildman–Crippen LogP) is 8.92. The van der Waals surface area contributed by atoms with Gasteiger partial charge in [-0.15, -0.1) is 0 Å². The summed E-state index contributed by atoms with van der Waals surface area (Å²) in [6.07, 6.45) is 8.71. The van der Waals surface area contributed by atoms with Crippen molar-refractivity contribution in [2.45, 2.75) is 109 Å². The molecule has 4 amide bonds. The number of aromatic nitrogens is 2. The lowest BCUT2D eigenvalue weighted by Crippen LogP contribution is -2.53. The zero-order chi connectivity index (χ0) is 45.5. The van der Waals surface area contributed by atoms with Crippen LogP contribution in [-0.2, 0) is 23.8 Å². The Bertz CT molecular complexity index is 2530. The molecule has 65 heavy (non-hydrogen) atoms. The van der Waals surface area contributed by atoms with Crippen LogP contribution >= 0.6 is 0 Å². The molecule has 14 heteroatoms. The number of rotatable bonds is 12. The topological polar surface area (TPSA) is 168 Å². The number of hydrogen-bond donors (Lipinski definition) is 3. The fourth-order valence-electron chi connectivity index (χ4n) is 10.5. The number of nitrogens with one attached hydrogen (secondary N) is 3. The molecule has 2 unspecified atom stereocenters. The Hall–Kier alpha value is -6.28. The Morgan fingerprint density at radius 2 is 1.17 bits per heavy atom. The maximum Gasteiger partial charge on any atom is 0.407 e. The predicted molar refractivity (Wildman–Crippen MR) is 247 cm³/mol. The fraction of sp³-hybridized carbons (Fsp3) is 0.451. The summed E-state index contributed by atoms with van der Waals surface area (Å²) in [6.45, 7) is 8.91. The number of alkyl carbamates (subject to hydrolysis) is 2. The number of amides is 4. The number of aromatic amines is 1. The van der Waals surface area contributed by atoms with Crippen molar-refractivity contribution in [2.24, 2.45) is 16.8 Å². The Labute approximate surface area is 380 Å². The van der Waals surface area contributed by atoms with E-state index in [4.69, 9.17) is 24.2 Å². The van der Waals surface area contributed by atoms with Crippen LogP contribution in [-0.4, -0.2) is 94.9 Å². The monoisotopic (exact) mass is 881 g/mol. The second-order valence-corrected chi connectivity index (χ2v) is 18.6. The first-order chi connectivity index (χ1) is 31.4. The van der Waals surface area contributed by atoms with Crippen molar-refractivity contribution in [3.8, 4) is 33.5 Å². The Morgan fingerprint density at radius 1 is 0.677 bits per heavy atom. The molecule has 1 aromatic heterocycles. The van der Waals surface area contributed by atoms with Gasteiger partial charge in [-0.2, -0.15) is 0 Å². The third-order valence-electron chi connectivity index (χ3n) is 13.9. The van der Waals surface area contributed by atoms with E-state index in [1.54, 1.807) is 0 Å². The first-order valence-electron chi connectivity index (χ1n) is 23.1. The van der Waals surface area contributed by atoms with Gasteiger partial charge in [0.1, 0.15) is 17.9 Å². The van der Waals surface area contributed by atoms with Crippen molar-refractivity contribution in [2.75, 3.05) is 27.3 Å². The third kappa shape index (κ3) is 8.44. The van der Waals surface area contributed by atoms with Gasteiger partial charge in [-0.25, -0.2) is 14.6 Å². The summed E-state index contributed by atoms with van der Waals surface area (Å²) < 4.78 is 16.2. The van der Waals surface area contributed by atoms with Crippen molar-refractivity contribution in [1.82, 2.24) is 30.4 Å². The number of likely N-dealkylation sites (tertiary alicyclic amines) is 2. The van der Waals surface area contributed by atoms with E-state index >= 15 is 0 Å². The van der Waals surface area contributed by atoms with Crippen LogP contribution in [0.25, 0.3) is 39.1 Å². The molecule has 5 aliphatic heterocycles. The van der Waals surface area contributed by atoms with Gasteiger partial charge in [0, 0.05) is 31.4 Å². The van der Waals surface area contributed by atoms with Gasteiger partial charge in [-0.1, -0.05) is 88.4 Å². The Morgan fingerprint density at radius 3 is 1.69 bits per heavy atom. The fourth-order valence-corrected chi connectivity index (χ4v) is 10.5. The highest BCUT2D eigenvalue weighted by atomic mass is 16.5. The van der Waals surface area contributed by atoms with Crippen LogP contribution < -0.4 is 10.6 Å². The molecular formula is C51H59N7O7. The summed E-state index contributed by atoms with van der Waals surface area (Å²) >= 11 is 0. The van der Waals surface area contributed by atoms with E-state index in [0.717, 1.165) is 83.6 Å². The van der Waals surface area contributed by atoms with Gasteiger partial charge in [0.25, 0.3) is 0 Å². The number of benzene rings is 3. The number of carbonyl (C=O) groups excluding carboxylic acids is 4. The number of carbonyl (C=O) groups is 4. The first-order valence-corrected chi connectivity index (χ1v) is 23.1. The Kier molecular flexibility index (Phi) is 12.4. The van der Waals surface area contributed by atoms with Gasteiger partial charge in [-0.3, -0.25) is 14.6 Å². The van der Waals surface area contributed by atoms with Crippen LogP contribution in [0.2, 0.25) is 0 Å². The number of methoxy groups -OCH3 is 2. The van der Waals surface area contributed by atoms with E-state index < -0.39 is 24.3 Å². The SMILES string of the molecule is COC(=O)N[C@H](C(=O)N1CCC[C@H]1C1=NC=C(c2ccc(-c3ccc(-c4ccc(-c5cnc([C@@H]6CCCN6C(=O)[C@@H](NC(=O)OC)C(C)C)[nH]5)cc4)c4c3C3CCC4O3)cc2)C1)C(C)C. The molecule has 3 aromatic carbocycles. The average molecular weight is 882 g/mol. The summed E-state index contributed by atoms with van der Waals surface area (Å²) in [4.78, 5) is 68.3. The lowest BCUT2D eigenvalue weighted by molar-refractivity contribution is -0.135. The number of ether oxygens (including phenoxy) is 3. The van der Waals surface area contributed by atoms with Crippen molar-refractivity contribution in [3.63, 3.8) is 0 Å². The molecule has 6 atom stereocenters. The maximum absolute atomic E-state index is 13.7. The maximum atomic E-state index is 13.7. The van der Waals surface area contributed by atoms with Crippen molar-refractivity contribution in [1.29, 1.82) is 0 Å². The van der Waals surface area contributed by atoms with Gasteiger partial charge in [0.15, 0.2) is 0 Å². The quantitative estimate of drug-likeness (QED) is 0.127. The van der Waals surface area contributed by atoms with Gasteiger partial charge < -0.3 is 39.6 Å². The van der Waals surface area contributed by atoms with Crippen LogP contribution in [0, 0.1) is 11.8 Å². The largest absolute Gasteiger partial charge is 0.453 e. The molecule has 0 spiro atoms. The highest BCUT2D eigenvalue weighted by Crippen LogP contribution is 2.56. The van der Waals surface area contributed by atoms with E-state index in [9.17, 15) is 19.2 Å². The lowest BCUT2D eigenvalue weighted by atomic mass is 9.81.